The molecule has 0 saturated carbocycles. The second-order valence-corrected chi connectivity index (χ2v) is 6.55. The Labute approximate surface area is 101 Å². The first-order valence-electron chi connectivity index (χ1n) is 5.01. The van der Waals surface area contributed by atoms with Gasteiger partial charge < -0.3 is 5.11 Å². The van der Waals surface area contributed by atoms with Crippen molar-refractivity contribution in [3.63, 3.8) is 0 Å². The van der Waals surface area contributed by atoms with Crippen LogP contribution in [0.1, 0.15) is 19.8 Å². The highest BCUT2D eigenvalue weighted by molar-refractivity contribution is 7.98. The van der Waals surface area contributed by atoms with Crippen molar-refractivity contribution in [2.75, 3.05) is 24.8 Å². The maximum Gasteiger partial charge on any atom is 0.304 e. The number of carboxylic acid groups (broad SMARTS) is 1. The van der Waals surface area contributed by atoms with Gasteiger partial charge in [-0.15, -0.1) is 0 Å². The molecule has 5 nitrogen and oxygen atoms in total. The van der Waals surface area contributed by atoms with Gasteiger partial charge in [0.15, 0.2) is 0 Å². The van der Waals surface area contributed by atoms with Crippen LogP contribution in [0.2, 0.25) is 0 Å². The van der Waals surface area contributed by atoms with Gasteiger partial charge in [0.25, 0.3) is 0 Å². The Morgan fingerprint density at radius 2 is 2.06 bits per heavy atom. The van der Waals surface area contributed by atoms with Crippen LogP contribution in [0.4, 0.5) is 0 Å². The number of sulfonamides is 1. The van der Waals surface area contributed by atoms with Gasteiger partial charge in [-0.05, 0) is 12.7 Å². The molecule has 0 amide bonds. The molecule has 0 aliphatic heterocycles. The summed E-state index contributed by atoms with van der Waals surface area (Å²) in [6.07, 6.45) is 2.30. The number of hydrogen-bond donors (Lipinski definition) is 1. The van der Waals surface area contributed by atoms with E-state index in [0.29, 0.717) is 0 Å². The quantitative estimate of drug-likeness (QED) is 0.707. The first-order valence-corrected chi connectivity index (χ1v) is 8.01. The predicted molar refractivity (Wildman–Crippen MR) is 66.3 cm³/mol. The van der Waals surface area contributed by atoms with E-state index in [0.717, 1.165) is 12.2 Å². The third-order valence-corrected chi connectivity index (χ3v) is 4.97. The molecule has 1 atom stereocenters. The van der Waals surface area contributed by atoms with Crippen LogP contribution >= 0.6 is 11.8 Å². The van der Waals surface area contributed by atoms with Crippen LogP contribution in [0.25, 0.3) is 0 Å². The summed E-state index contributed by atoms with van der Waals surface area (Å²) in [4.78, 5) is 10.3. The van der Waals surface area contributed by atoms with Gasteiger partial charge in [0.05, 0.1) is 12.2 Å². The van der Waals surface area contributed by atoms with Crippen molar-refractivity contribution in [3.05, 3.63) is 0 Å². The molecule has 0 heterocycles. The maximum atomic E-state index is 11.8. The summed E-state index contributed by atoms with van der Waals surface area (Å²) in [5.41, 5.74) is 0. The Kier molecular flexibility index (Phi) is 7.01. The smallest absolute Gasteiger partial charge is 0.304 e. The lowest BCUT2D eigenvalue weighted by Gasteiger charge is -2.25. The zero-order valence-electron chi connectivity index (χ0n) is 9.84. The standard InChI is InChI=1S/C9H19NO4S2/c1-4-8(7-15-3)10(2)16(13,14)6-5-9(11)12/h8H,4-7H2,1-3H3,(H,11,12). The van der Waals surface area contributed by atoms with Crippen molar-refractivity contribution in [1.29, 1.82) is 0 Å². The van der Waals surface area contributed by atoms with E-state index < -0.39 is 16.0 Å². The topological polar surface area (TPSA) is 74.7 Å². The number of nitrogens with zero attached hydrogens (tertiary/aromatic N) is 1. The van der Waals surface area contributed by atoms with Crippen molar-refractivity contribution >= 4 is 27.8 Å². The molecule has 16 heavy (non-hydrogen) atoms. The monoisotopic (exact) mass is 269 g/mol. The molecule has 96 valence electrons. The molecule has 0 aromatic rings. The highest BCUT2D eigenvalue weighted by atomic mass is 32.2. The maximum absolute atomic E-state index is 11.8. The fourth-order valence-corrected chi connectivity index (χ4v) is 3.60. The van der Waals surface area contributed by atoms with Crippen LogP contribution in [-0.2, 0) is 14.8 Å². The van der Waals surface area contributed by atoms with E-state index in [9.17, 15) is 13.2 Å². The van der Waals surface area contributed by atoms with Gasteiger partial charge in [-0.25, -0.2) is 12.7 Å². The van der Waals surface area contributed by atoms with Gasteiger partial charge in [0, 0.05) is 18.8 Å². The molecule has 0 aliphatic carbocycles. The van der Waals surface area contributed by atoms with E-state index in [1.165, 1.54) is 11.4 Å². The molecule has 1 unspecified atom stereocenters. The first kappa shape index (κ1) is 15.7. The molecule has 0 aliphatic rings. The number of carbonyl (C=O) groups is 1. The Morgan fingerprint density at radius 3 is 2.44 bits per heavy atom. The van der Waals surface area contributed by atoms with Crippen LogP contribution in [-0.4, -0.2) is 54.6 Å². The summed E-state index contributed by atoms with van der Waals surface area (Å²) in [6, 6.07) is -0.0613. The van der Waals surface area contributed by atoms with E-state index in [-0.39, 0.29) is 18.2 Å². The minimum atomic E-state index is -3.45. The minimum absolute atomic E-state index is 0.0613. The van der Waals surface area contributed by atoms with Crippen LogP contribution in [0.3, 0.4) is 0 Å². The highest BCUT2D eigenvalue weighted by Crippen LogP contribution is 2.13. The molecule has 0 aromatic carbocycles. The summed E-state index contributed by atoms with van der Waals surface area (Å²) >= 11 is 1.58. The van der Waals surface area contributed by atoms with Crippen LogP contribution in [0.15, 0.2) is 0 Å². The van der Waals surface area contributed by atoms with Gasteiger partial charge in [0.1, 0.15) is 0 Å². The highest BCUT2D eigenvalue weighted by Gasteiger charge is 2.25. The summed E-state index contributed by atoms with van der Waals surface area (Å²) in [5.74, 6) is -0.696. The van der Waals surface area contributed by atoms with Crippen molar-refractivity contribution in [1.82, 2.24) is 4.31 Å². The number of carboxylic acids is 1. The molecule has 0 rings (SSSR count). The first-order chi connectivity index (χ1) is 7.35. The van der Waals surface area contributed by atoms with Gasteiger partial charge in [-0.1, -0.05) is 6.92 Å². The molecule has 0 spiro atoms. The zero-order valence-corrected chi connectivity index (χ0v) is 11.5. The largest absolute Gasteiger partial charge is 0.481 e. The lowest BCUT2D eigenvalue weighted by molar-refractivity contribution is -0.136. The Morgan fingerprint density at radius 1 is 1.50 bits per heavy atom. The van der Waals surface area contributed by atoms with Gasteiger partial charge >= 0.3 is 5.97 Å². The average molecular weight is 269 g/mol. The molecule has 0 bridgehead atoms. The van der Waals surface area contributed by atoms with E-state index in [1.54, 1.807) is 11.8 Å². The molecule has 0 saturated heterocycles. The predicted octanol–water partition coefficient (Wildman–Crippen LogP) is 0.864. The Bertz CT molecular complexity index is 315. The fraction of sp³-hybridized carbons (Fsp3) is 0.889. The third-order valence-electron chi connectivity index (χ3n) is 2.36. The number of hydrogen-bond acceptors (Lipinski definition) is 4. The minimum Gasteiger partial charge on any atom is -0.481 e. The van der Waals surface area contributed by atoms with E-state index >= 15 is 0 Å². The molecular weight excluding hydrogens is 250 g/mol. The molecule has 0 fully saturated rings. The second-order valence-electron chi connectivity index (χ2n) is 3.49. The third kappa shape index (κ3) is 5.18. The van der Waals surface area contributed by atoms with Crippen molar-refractivity contribution in [2.24, 2.45) is 0 Å². The number of aliphatic carboxylic acids is 1. The lowest BCUT2D eigenvalue weighted by atomic mass is 10.3. The molecule has 1 N–H and O–H groups in total. The lowest BCUT2D eigenvalue weighted by Crippen LogP contribution is -2.39. The SMILES string of the molecule is CCC(CSC)N(C)S(=O)(=O)CCC(=O)O. The van der Waals surface area contributed by atoms with Crippen molar-refractivity contribution in [2.45, 2.75) is 25.8 Å². The van der Waals surface area contributed by atoms with Crippen LogP contribution in [0, 0.1) is 0 Å². The Hall–Kier alpha value is -0.270. The average Bonchev–Trinajstić information content (AvgIpc) is 2.22. The number of thioether (sulfide) groups is 1. The Balaban J connectivity index is 4.53. The second kappa shape index (κ2) is 7.13. The number of rotatable bonds is 8. The molecule has 0 radical (unpaired) electrons. The molecule has 0 aromatic heterocycles. The van der Waals surface area contributed by atoms with Crippen molar-refractivity contribution < 1.29 is 18.3 Å². The van der Waals surface area contributed by atoms with E-state index in [1.807, 2.05) is 13.2 Å². The van der Waals surface area contributed by atoms with E-state index in [4.69, 9.17) is 5.11 Å². The zero-order chi connectivity index (χ0) is 12.8. The van der Waals surface area contributed by atoms with Crippen LogP contribution in [0.5, 0.6) is 0 Å². The van der Waals surface area contributed by atoms with Gasteiger partial charge in [0.2, 0.25) is 10.0 Å². The summed E-state index contributed by atoms with van der Waals surface area (Å²) in [6.45, 7) is 1.92. The van der Waals surface area contributed by atoms with Crippen molar-refractivity contribution in [3.8, 4) is 0 Å². The fourth-order valence-electron chi connectivity index (χ4n) is 1.26. The summed E-state index contributed by atoms with van der Waals surface area (Å²) in [7, 11) is -1.93. The molecule has 7 heteroatoms. The summed E-state index contributed by atoms with van der Waals surface area (Å²) in [5, 5.41) is 8.47. The normalized spacial score (nSPS) is 14.0. The molecular formula is C9H19NO4S2. The van der Waals surface area contributed by atoms with E-state index in [2.05, 4.69) is 0 Å². The van der Waals surface area contributed by atoms with Crippen LogP contribution < -0.4 is 0 Å². The van der Waals surface area contributed by atoms with Gasteiger partial charge in [-0.3, -0.25) is 4.79 Å². The van der Waals surface area contributed by atoms with Gasteiger partial charge in [-0.2, -0.15) is 11.8 Å². The summed E-state index contributed by atoms with van der Waals surface area (Å²) < 4.78 is 24.8.